The molecule has 0 spiro atoms. The van der Waals surface area contributed by atoms with Crippen LogP contribution in [0.2, 0.25) is 0 Å². The van der Waals surface area contributed by atoms with Gasteiger partial charge in [0.15, 0.2) is 0 Å². The predicted molar refractivity (Wildman–Crippen MR) is 89.9 cm³/mol. The molecule has 21 heavy (non-hydrogen) atoms. The van der Waals surface area contributed by atoms with Crippen LogP contribution in [0.3, 0.4) is 0 Å². The maximum atomic E-state index is 11.5. The Morgan fingerprint density at radius 3 is 2.67 bits per heavy atom. The van der Waals surface area contributed by atoms with Gasteiger partial charge in [-0.25, -0.2) is 0 Å². The van der Waals surface area contributed by atoms with Crippen molar-refractivity contribution in [3.05, 3.63) is 35.9 Å². The summed E-state index contributed by atoms with van der Waals surface area (Å²) < 4.78 is 0. The summed E-state index contributed by atoms with van der Waals surface area (Å²) in [6.07, 6.45) is 3.98. The fourth-order valence-corrected chi connectivity index (χ4v) is 4.69. The number of thioether (sulfide) groups is 1. The fraction of sp³-hybridized carbons (Fsp3) is 0.611. The zero-order valence-corrected chi connectivity index (χ0v) is 13.8. The molecule has 3 heteroatoms. The molecule has 0 aromatic heterocycles. The van der Waals surface area contributed by atoms with Crippen molar-refractivity contribution in [3.63, 3.8) is 0 Å². The average molecular weight is 306 g/mol. The van der Waals surface area contributed by atoms with Crippen molar-refractivity contribution < 1.29 is 9.90 Å². The molecule has 1 saturated carbocycles. The second-order valence-corrected chi connectivity index (χ2v) is 7.52. The number of benzene rings is 1. The Hall–Kier alpha value is -0.960. The zero-order chi connectivity index (χ0) is 15.2. The minimum atomic E-state index is -0.608. The fourth-order valence-electron chi connectivity index (χ4n) is 3.03. The van der Waals surface area contributed by atoms with Crippen LogP contribution in [0.25, 0.3) is 0 Å². The molecule has 1 aliphatic rings. The summed E-state index contributed by atoms with van der Waals surface area (Å²) in [5, 5.41) is 9.73. The molecule has 0 heterocycles. The van der Waals surface area contributed by atoms with Gasteiger partial charge in [0.25, 0.3) is 0 Å². The van der Waals surface area contributed by atoms with Gasteiger partial charge in [-0.3, -0.25) is 4.79 Å². The Morgan fingerprint density at radius 1 is 1.33 bits per heavy atom. The van der Waals surface area contributed by atoms with Crippen LogP contribution in [-0.2, 0) is 4.79 Å². The Balaban J connectivity index is 2.03. The lowest BCUT2D eigenvalue weighted by atomic mass is 9.78. The van der Waals surface area contributed by atoms with Crippen molar-refractivity contribution in [2.24, 2.45) is 11.8 Å². The van der Waals surface area contributed by atoms with Gasteiger partial charge in [0.2, 0.25) is 0 Å². The van der Waals surface area contributed by atoms with Crippen molar-refractivity contribution in [3.8, 4) is 0 Å². The molecular weight excluding hydrogens is 280 g/mol. The summed E-state index contributed by atoms with van der Waals surface area (Å²) in [6, 6.07) is 10.6. The van der Waals surface area contributed by atoms with E-state index in [1.54, 1.807) is 0 Å². The van der Waals surface area contributed by atoms with Crippen molar-refractivity contribution in [1.82, 2.24) is 0 Å². The third-order valence-electron chi connectivity index (χ3n) is 4.67. The summed E-state index contributed by atoms with van der Waals surface area (Å²) in [5.41, 5.74) is 1.37. The van der Waals surface area contributed by atoms with Gasteiger partial charge >= 0.3 is 5.97 Å². The van der Waals surface area contributed by atoms with E-state index in [0.717, 1.165) is 25.0 Å². The smallest absolute Gasteiger partial charge is 0.307 e. The van der Waals surface area contributed by atoms with E-state index in [1.807, 2.05) is 17.8 Å². The molecular formula is C18H26O2S. The van der Waals surface area contributed by atoms with E-state index >= 15 is 0 Å². The van der Waals surface area contributed by atoms with Crippen LogP contribution >= 0.6 is 11.8 Å². The number of rotatable bonds is 6. The lowest BCUT2D eigenvalue weighted by molar-refractivity contribution is -0.142. The predicted octanol–water partition coefficient (Wildman–Crippen LogP) is 4.80. The van der Waals surface area contributed by atoms with Gasteiger partial charge in [0.05, 0.1) is 5.92 Å². The Bertz CT molecular complexity index is 446. The van der Waals surface area contributed by atoms with Crippen LogP contribution < -0.4 is 0 Å². The second-order valence-electron chi connectivity index (χ2n) is 6.25. The van der Waals surface area contributed by atoms with E-state index in [2.05, 4.69) is 38.1 Å². The summed E-state index contributed by atoms with van der Waals surface area (Å²) in [5.74, 6) is 1.49. The highest BCUT2D eigenvalue weighted by molar-refractivity contribution is 7.99. The van der Waals surface area contributed by atoms with Crippen LogP contribution in [0.1, 0.15) is 51.0 Å². The molecule has 2 rings (SSSR count). The largest absolute Gasteiger partial charge is 0.481 e. The second kappa shape index (κ2) is 7.88. The molecule has 116 valence electrons. The molecule has 1 aliphatic carbocycles. The zero-order valence-electron chi connectivity index (χ0n) is 13.0. The first kappa shape index (κ1) is 16.4. The molecule has 4 atom stereocenters. The Morgan fingerprint density at radius 2 is 2.05 bits per heavy atom. The number of hydrogen-bond acceptors (Lipinski definition) is 2. The van der Waals surface area contributed by atoms with Gasteiger partial charge in [-0.1, -0.05) is 50.6 Å². The summed E-state index contributed by atoms with van der Waals surface area (Å²) >= 11 is 1.88. The van der Waals surface area contributed by atoms with Crippen LogP contribution in [0, 0.1) is 11.8 Å². The van der Waals surface area contributed by atoms with Crippen molar-refractivity contribution in [2.75, 3.05) is 5.75 Å². The number of carboxylic acids is 1. The van der Waals surface area contributed by atoms with E-state index in [1.165, 1.54) is 12.0 Å². The quantitative estimate of drug-likeness (QED) is 0.820. The Labute approximate surface area is 132 Å². The first-order valence-electron chi connectivity index (χ1n) is 8.01. The van der Waals surface area contributed by atoms with Gasteiger partial charge < -0.3 is 5.11 Å². The highest BCUT2D eigenvalue weighted by Gasteiger charge is 2.35. The van der Waals surface area contributed by atoms with E-state index < -0.39 is 5.97 Å². The molecule has 1 fully saturated rings. The summed E-state index contributed by atoms with van der Waals surface area (Å²) in [4.78, 5) is 11.5. The lowest BCUT2D eigenvalue weighted by Gasteiger charge is -2.34. The van der Waals surface area contributed by atoms with Crippen LogP contribution in [0.15, 0.2) is 30.3 Å². The maximum Gasteiger partial charge on any atom is 0.307 e. The summed E-state index contributed by atoms with van der Waals surface area (Å²) in [6.45, 7) is 4.45. The highest BCUT2D eigenvalue weighted by atomic mass is 32.2. The van der Waals surface area contributed by atoms with Gasteiger partial charge in [0, 0.05) is 5.25 Å². The topological polar surface area (TPSA) is 37.3 Å². The normalized spacial score (nSPS) is 27.2. The van der Waals surface area contributed by atoms with Crippen molar-refractivity contribution in [1.29, 1.82) is 0 Å². The molecule has 0 amide bonds. The maximum absolute atomic E-state index is 11.5. The lowest BCUT2D eigenvalue weighted by Crippen LogP contribution is -2.32. The number of hydrogen-bond donors (Lipinski definition) is 1. The standard InChI is InChI=1S/C18H26O2S/c1-3-13(2)12-21-17-11-15(9-10-16(17)18(19)20)14-7-5-4-6-8-14/h4-8,13,15-17H,3,9-12H2,1-2H3,(H,19,20). The van der Waals surface area contributed by atoms with Crippen molar-refractivity contribution >= 4 is 17.7 Å². The first-order chi connectivity index (χ1) is 10.1. The van der Waals surface area contributed by atoms with E-state index in [0.29, 0.717) is 11.8 Å². The van der Waals surface area contributed by atoms with Gasteiger partial charge in [-0.2, -0.15) is 11.8 Å². The van der Waals surface area contributed by atoms with E-state index in [9.17, 15) is 9.90 Å². The first-order valence-corrected chi connectivity index (χ1v) is 9.06. The van der Waals surface area contributed by atoms with Gasteiger partial charge in [-0.15, -0.1) is 0 Å². The number of carboxylic acid groups (broad SMARTS) is 1. The molecule has 0 bridgehead atoms. The number of aliphatic carboxylic acids is 1. The molecule has 0 radical (unpaired) electrons. The minimum Gasteiger partial charge on any atom is -0.481 e. The summed E-state index contributed by atoms with van der Waals surface area (Å²) in [7, 11) is 0. The third kappa shape index (κ3) is 4.50. The SMILES string of the molecule is CCC(C)CSC1CC(c2ccccc2)CCC1C(=O)O. The van der Waals surface area contributed by atoms with E-state index in [4.69, 9.17) is 0 Å². The minimum absolute atomic E-state index is 0.168. The number of carbonyl (C=O) groups is 1. The van der Waals surface area contributed by atoms with Crippen LogP contribution in [0.5, 0.6) is 0 Å². The molecule has 0 aliphatic heterocycles. The highest BCUT2D eigenvalue weighted by Crippen LogP contribution is 2.42. The van der Waals surface area contributed by atoms with Crippen molar-refractivity contribution in [2.45, 2.75) is 50.7 Å². The Kier molecular flexibility index (Phi) is 6.16. The molecule has 1 aromatic carbocycles. The van der Waals surface area contributed by atoms with Gasteiger partial charge in [-0.05, 0) is 42.4 Å². The molecule has 4 unspecified atom stereocenters. The van der Waals surface area contributed by atoms with E-state index in [-0.39, 0.29) is 11.2 Å². The molecule has 1 aromatic rings. The van der Waals surface area contributed by atoms with Gasteiger partial charge in [0.1, 0.15) is 0 Å². The molecule has 2 nitrogen and oxygen atoms in total. The molecule has 0 saturated heterocycles. The third-order valence-corrected chi connectivity index (χ3v) is 6.38. The monoisotopic (exact) mass is 306 g/mol. The van der Waals surface area contributed by atoms with Crippen LogP contribution in [-0.4, -0.2) is 22.1 Å². The molecule has 1 N–H and O–H groups in total. The van der Waals surface area contributed by atoms with Crippen LogP contribution in [0.4, 0.5) is 0 Å². The average Bonchev–Trinajstić information content (AvgIpc) is 2.53.